The molecule has 5 rings (SSSR count). The van der Waals surface area contributed by atoms with Crippen LogP contribution in [0.25, 0.3) is 22.1 Å². The van der Waals surface area contributed by atoms with Crippen molar-refractivity contribution in [2.45, 2.75) is 33.2 Å². The van der Waals surface area contributed by atoms with Gasteiger partial charge in [0.05, 0.1) is 28.4 Å². The van der Waals surface area contributed by atoms with E-state index in [2.05, 4.69) is 45.5 Å². The molecule has 2 aromatic heterocycles. The summed E-state index contributed by atoms with van der Waals surface area (Å²) in [7, 11) is 0. The maximum atomic E-state index is 13.0. The van der Waals surface area contributed by atoms with E-state index in [4.69, 9.17) is 0 Å². The van der Waals surface area contributed by atoms with Crippen molar-refractivity contribution in [1.29, 1.82) is 0 Å². The monoisotopic (exact) mass is 399 g/mol. The molecule has 0 bridgehead atoms. The highest BCUT2D eigenvalue weighted by atomic mass is 16.2. The van der Waals surface area contributed by atoms with Crippen LogP contribution in [0.2, 0.25) is 0 Å². The van der Waals surface area contributed by atoms with Gasteiger partial charge in [0.1, 0.15) is 0 Å². The summed E-state index contributed by atoms with van der Waals surface area (Å²) >= 11 is 0. The molecule has 0 aliphatic carbocycles. The van der Waals surface area contributed by atoms with Crippen LogP contribution in [0.15, 0.2) is 49.1 Å². The number of aromatic nitrogens is 4. The minimum absolute atomic E-state index is 0.0835. The van der Waals surface area contributed by atoms with Crippen LogP contribution in [0.3, 0.4) is 0 Å². The molecule has 3 heterocycles. The van der Waals surface area contributed by atoms with Crippen LogP contribution >= 0.6 is 0 Å². The van der Waals surface area contributed by atoms with Gasteiger partial charge < -0.3 is 9.47 Å². The highest BCUT2D eigenvalue weighted by molar-refractivity contribution is 5.97. The summed E-state index contributed by atoms with van der Waals surface area (Å²) in [6.07, 6.45) is 7.29. The summed E-state index contributed by atoms with van der Waals surface area (Å²) in [6.45, 7) is 6.80. The van der Waals surface area contributed by atoms with Crippen LogP contribution in [0.5, 0.6) is 0 Å². The number of nitrogens with zero attached hydrogens (tertiary/aromatic N) is 5. The number of fused-ring (bicyclic) bond motifs is 2. The topological polar surface area (TPSA) is 63.9 Å². The van der Waals surface area contributed by atoms with E-state index in [9.17, 15) is 4.79 Å². The number of hydrogen-bond acceptors (Lipinski definition) is 4. The van der Waals surface area contributed by atoms with Crippen molar-refractivity contribution in [1.82, 2.24) is 24.4 Å². The number of hydrogen-bond donors (Lipinski definition) is 0. The van der Waals surface area contributed by atoms with Crippen LogP contribution < -0.4 is 0 Å². The van der Waals surface area contributed by atoms with Gasteiger partial charge in [-0.1, -0.05) is 0 Å². The lowest BCUT2D eigenvalue weighted by Crippen LogP contribution is -2.39. The third kappa shape index (κ3) is 3.43. The minimum atomic E-state index is 0.0835. The summed E-state index contributed by atoms with van der Waals surface area (Å²) in [6, 6.07) is 9.97. The predicted octanol–water partition coefficient (Wildman–Crippen LogP) is 4.15. The molecule has 1 saturated heterocycles. The van der Waals surface area contributed by atoms with Gasteiger partial charge in [0, 0.05) is 37.6 Å². The second-order valence-corrected chi connectivity index (χ2v) is 8.32. The predicted molar refractivity (Wildman–Crippen MR) is 117 cm³/mol. The Morgan fingerprint density at radius 3 is 2.47 bits per heavy atom. The standard InChI is InChI=1S/C24H25N5O/c1-16-11-22-23(12-17(16)2)29(15-27-22)14-18-5-9-28(10-6-18)24(30)19-3-4-20-21(13-19)26-8-7-25-20/h3-4,7-8,11-13,15,18H,5-6,9-10,14H2,1-2H3. The first kappa shape index (κ1) is 18.7. The molecule has 1 amide bonds. The molecular formula is C24H25N5O. The second kappa shape index (κ2) is 7.52. The van der Waals surface area contributed by atoms with Gasteiger partial charge in [0.25, 0.3) is 5.91 Å². The third-order valence-electron chi connectivity index (χ3n) is 6.31. The molecule has 0 spiro atoms. The van der Waals surface area contributed by atoms with Gasteiger partial charge in [-0.25, -0.2) is 4.98 Å². The highest BCUT2D eigenvalue weighted by Crippen LogP contribution is 2.25. The molecule has 30 heavy (non-hydrogen) atoms. The van der Waals surface area contributed by atoms with Crippen LogP contribution in [0.1, 0.15) is 34.3 Å². The molecule has 152 valence electrons. The molecule has 0 unspecified atom stereocenters. The van der Waals surface area contributed by atoms with Crippen LogP contribution in [-0.4, -0.2) is 43.4 Å². The molecule has 6 nitrogen and oxygen atoms in total. The molecule has 0 atom stereocenters. The number of likely N-dealkylation sites (tertiary alicyclic amines) is 1. The zero-order valence-electron chi connectivity index (χ0n) is 17.4. The Morgan fingerprint density at radius 2 is 1.67 bits per heavy atom. The van der Waals surface area contributed by atoms with E-state index in [-0.39, 0.29) is 5.91 Å². The third-order valence-corrected chi connectivity index (χ3v) is 6.31. The van der Waals surface area contributed by atoms with Crippen molar-refractivity contribution in [3.63, 3.8) is 0 Å². The Balaban J connectivity index is 1.26. The normalized spacial score (nSPS) is 15.2. The lowest BCUT2D eigenvalue weighted by Gasteiger charge is -2.32. The first-order valence-corrected chi connectivity index (χ1v) is 10.5. The van der Waals surface area contributed by atoms with Crippen LogP contribution in [-0.2, 0) is 6.54 Å². The minimum Gasteiger partial charge on any atom is -0.339 e. The first-order valence-electron chi connectivity index (χ1n) is 10.5. The number of carbonyl (C=O) groups is 1. The fourth-order valence-electron chi connectivity index (χ4n) is 4.33. The Morgan fingerprint density at radius 1 is 0.933 bits per heavy atom. The molecular weight excluding hydrogens is 374 g/mol. The molecule has 1 aliphatic rings. The van der Waals surface area contributed by atoms with E-state index in [0.717, 1.165) is 49.0 Å². The largest absolute Gasteiger partial charge is 0.339 e. The van der Waals surface area contributed by atoms with E-state index in [0.29, 0.717) is 11.5 Å². The molecule has 2 aromatic carbocycles. The van der Waals surface area contributed by atoms with Gasteiger partial charge in [-0.15, -0.1) is 0 Å². The first-order chi connectivity index (χ1) is 14.6. The van der Waals surface area contributed by atoms with Crippen molar-refractivity contribution >= 4 is 28.0 Å². The summed E-state index contributed by atoms with van der Waals surface area (Å²) < 4.78 is 2.27. The zero-order valence-corrected chi connectivity index (χ0v) is 17.4. The van der Waals surface area contributed by atoms with E-state index in [1.54, 1.807) is 12.4 Å². The van der Waals surface area contributed by atoms with Gasteiger partial charge in [-0.05, 0) is 74.1 Å². The zero-order chi connectivity index (χ0) is 20.7. The van der Waals surface area contributed by atoms with E-state index in [1.165, 1.54) is 16.6 Å². The highest BCUT2D eigenvalue weighted by Gasteiger charge is 2.24. The SMILES string of the molecule is Cc1cc2ncn(CC3CCN(C(=O)c4ccc5nccnc5c4)CC3)c2cc1C. The average Bonchev–Trinajstić information content (AvgIpc) is 3.15. The number of imidazole rings is 1. The molecule has 1 fully saturated rings. The van der Waals surface area contributed by atoms with Gasteiger partial charge in [-0.3, -0.25) is 14.8 Å². The smallest absolute Gasteiger partial charge is 0.253 e. The number of carbonyl (C=O) groups excluding carboxylic acids is 1. The van der Waals surface area contributed by atoms with Crippen molar-refractivity contribution in [3.8, 4) is 0 Å². The maximum absolute atomic E-state index is 13.0. The van der Waals surface area contributed by atoms with Gasteiger partial charge in [0.2, 0.25) is 0 Å². The fourth-order valence-corrected chi connectivity index (χ4v) is 4.33. The number of amides is 1. The lowest BCUT2D eigenvalue weighted by molar-refractivity contribution is 0.0683. The average molecular weight is 399 g/mol. The van der Waals surface area contributed by atoms with E-state index < -0.39 is 0 Å². The van der Waals surface area contributed by atoms with Gasteiger partial charge >= 0.3 is 0 Å². The van der Waals surface area contributed by atoms with E-state index in [1.807, 2.05) is 29.4 Å². The maximum Gasteiger partial charge on any atom is 0.253 e. The summed E-state index contributed by atoms with van der Waals surface area (Å²) in [4.78, 5) is 28.1. The molecule has 0 N–H and O–H groups in total. The molecule has 0 saturated carbocycles. The van der Waals surface area contributed by atoms with Gasteiger partial charge in [0.15, 0.2) is 0 Å². The Kier molecular flexibility index (Phi) is 4.69. The number of piperidine rings is 1. The summed E-state index contributed by atoms with van der Waals surface area (Å²) in [5.74, 6) is 0.635. The van der Waals surface area contributed by atoms with E-state index >= 15 is 0 Å². The second-order valence-electron chi connectivity index (χ2n) is 8.32. The molecule has 4 aromatic rings. The lowest BCUT2D eigenvalue weighted by atomic mass is 9.96. The van der Waals surface area contributed by atoms with Crippen LogP contribution in [0, 0.1) is 19.8 Å². The number of aryl methyl sites for hydroxylation is 2. The van der Waals surface area contributed by atoms with Gasteiger partial charge in [-0.2, -0.15) is 0 Å². The number of benzene rings is 2. The quantitative estimate of drug-likeness (QED) is 0.519. The summed E-state index contributed by atoms with van der Waals surface area (Å²) in [5, 5.41) is 0. The Labute approximate surface area is 175 Å². The van der Waals surface area contributed by atoms with Crippen molar-refractivity contribution in [2.75, 3.05) is 13.1 Å². The summed E-state index contributed by atoms with van der Waals surface area (Å²) in [5.41, 5.74) is 7.09. The van der Waals surface area contributed by atoms with Crippen molar-refractivity contribution < 1.29 is 4.79 Å². The van der Waals surface area contributed by atoms with Crippen molar-refractivity contribution in [2.24, 2.45) is 5.92 Å². The molecule has 6 heteroatoms. The molecule has 0 radical (unpaired) electrons. The Bertz CT molecular complexity index is 1240. The fraction of sp³-hybridized carbons (Fsp3) is 0.333. The van der Waals surface area contributed by atoms with Crippen molar-refractivity contribution in [3.05, 3.63) is 65.7 Å². The molecule has 1 aliphatic heterocycles. The van der Waals surface area contributed by atoms with Crippen LogP contribution in [0.4, 0.5) is 0 Å². The number of rotatable bonds is 3. The Hall–Kier alpha value is -3.28.